The van der Waals surface area contributed by atoms with Crippen LogP contribution in [-0.4, -0.2) is 91.5 Å². The Kier molecular flexibility index (Phi) is 7.33. The molecule has 1 amide bonds. The van der Waals surface area contributed by atoms with E-state index in [1.54, 1.807) is 0 Å². The summed E-state index contributed by atoms with van der Waals surface area (Å²) in [5, 5.41) is 0. The van der Waals surface area contributed by atoms with Gasteiger partial charge in [0.05, 0.1) is 6.54 Å². The van der Waals surface area contributed by atoms with Crippen LogP contribution in [0.4, 0.5) is 0 Å². The van der Waals surface area contributed by atoms with Crippen molar-refractivity contribution in [3.8, 4) is 11.1 Å². The highest BCUT2D eigenvalue weighted by atomic mass is 16.2. The van der Waals surface area contributed by atoms with Crippen LogP contribution in [0, 0.1) is 0 Å². The molecule has 1 aliphatic carbocycles. The summed E-state index contributed by atoms with van der Waals surface area (Å²) >= 11 is 0. The van der Waals surface area contributed by atoms with Crippen LogP contribution in [0.25, 0.3) is 11.1 Å². The number of carbonyl (C=O) groups excluding carboxylic acids is 1. The molecule has 0 aromatic heterocycles. The molecule has 0 unspecified atom stereocenters. The van der Waals surface area contributed by atoms with E-state index in [1.165, 1.54) is 47.1 Å². The molecule has 5 nitrogen and oxygen atoms in total. The van der Waals surface area contributed by atoms with Crippen LogP contribution in [0.3, 0.4) is 0 Å². The summed E-state index contributed by atoms with van der Waals surface area (Å²) in [5.74, 6) is 0.308. The summed E-state index contributed by atoms with van der Waals surface area (Å²) in [6.45, 7) is 7.36. The lowest BCUT2D eigenvalue weighted by atomic mass is 9.91. The highest BCUT2D eigenvalue weighted by molar-refractivity contribution is 5.78. The van der Waals surface area contributed by atoms with Gasteiger partial charge in [-0.1, -0.05) is 48.9 Å². The van der Waals surface area contributed by atoms with E-state index in [2.05, 4.69) is 76.2 Å². The van der Waals surface area contributed by atoms with E-state index in [-0.39, 0.29) is 0 Å². The molecule has 2 fully saturated rings. The second kappa shape index (κ2) is 10.6. The van der Waals surface area contributed by atoms with Gasteiger partial charge in [-0.3, -0.25) is 14.6 Å². The Morgan fingerprint density at radius 3 is 2.50 bits per heavy atom. The van der Waals surface area contributed by atoms with E-state index in [0.717, 1.165) is 64.7 Å². The summed E-state index contributed by atoms with van der Waals surface area (Å²) in [4.78, 5) is 22.3. The Morgan fingerprint density at radius 2 is 1.76 bits per heavy atom. The van der Waals surface area contributed by atoms with Gasteiger partial charge in [0.1, 0.15) is 0 Å². The van der Waals surface area contributed by atoms with Crippen molar-refractivity contribution in [2.75, 3.05) is 59.9 Å². The number of nitrogens with zero attached hydrogens (tertiary/aromatic N) is 4. The Hall–Kier alpha value is -2.21. The number of hydrogen-bond acceptors (Lipinski definition) is 4. The van der Waals surface area contributed by atoms with Crippen LogP contribution in [0.2, 0.25) is 0 Å². The normalized spacial score (nSPS) is 19.8. The zero-order valence-electron chi connectivity index (χ0n) is 21.0. The molecule has 2 aromatic carbocycles. The smallest absolute Gasteiger partial charge is 0.236 e. The van der Waals surface area contributed by atoms with Crippen LogP contribution >= 0.6 is 0 Å². The lowest BCUT2D eigenvalue weighted by molar-refractivity contribution is -0.135. The summed E-state index contributed by atoms with van der Waals surface area (Å²) in [6, 6.07) is 16.6. The maximum atomic E-state index is 13.0. The molecule has 0 bridgehead atoms. The standard InChI is InChI=1S/C29H40N4O/c1-30(2)14-12-23-6-3-4-9-28(23)25-10-11-26-21-31(15-13-24(26)20-25)22-29(34)33-18-16-32(17-19-33)27-7-5-8-27/h3-4,6,9-11,20,27H,5,7-8,12-19,21-22H2,1-2H3. The Bertz CT molecular complexity index is 991. The number of hydrogen-bond donors (Lipinski definition) is 0. The van der Waals surface area contributed by atoms with Gasteiger partial charge >= 0.3 is 0 Å². The average molecular weight is 461 g/mol. The Labute approximate surface area is 205 Å². The van der Waals surface area contributed by atoms with Crippen molar-refractivity contribution in [2.24, 2.45) is 0 Å². The van der Waals surface area contributed by atoms with Gasteiger partial charge in [-0.15, -0.1) is 0 Å². The van der Waals surface area contributed by atoms with E-state index in [1.807, 2.05) is 0 Å². The van der Waals surface area contributed by atoms with Crippen molar-refractivity contribution < 1.29 is 4.79 Å². The Balaban J connectivity index is 1.18. The van der Waals surface area contributed by atoms with E-state index >= 15 is 0 Å². The lowest BCUT2D eigenvalue weighted by Gasteiger charge is -2.43. The van der Waals surface area contributed by atoms with Crippen molar-refractivity contribution in [3.05, 3.63) is 59.2 Å². The minimum Gasteiger partial charge on any atom is -0.339 e. The van der Waals surface area contributed by atoms with Crippen molar-refractivity contribution in [1.82, 2.24) is 19.6 Å². The fraction of sp³-hybridized carbons (Fsp3) is 0.552. The molecular formula is C29H40N4O. The summed E-state index contributed by atoms with van der Waals surface area (Å²) in [6.07, 6.45) is 6.16. The molecule has 0 atom stereocenters. The molecule has 5 heteroatoms. The second-order valence-electron chi connectivity index (χ2n) is 10.7. The van der Waals surface area contributed by atoms with E-state index in [4.69, 9.17) is 0 Å². The molecule has 0 spiro atoms. The van der Waals surface area contributed by atoms with E-state index < -0.39 is 0 Å². The third kappa shape index (κ3) is 5.37. The second-order valence-corrected chi connectivity index (χ2v) is 10.7. The van der Waals surface area contributed by atoms with Gasteiger partial charge in [-0.2, -0.15) is 0 Å². The predicted octanol–water partition coefficient (Wildman–Crippen LogP) is 3.51. The molecule has 1 saturated carbocycles. The van der Waals surface area contributed by atoms with Crippen LogP contribution < -0.4 is 0 Å². The first kappa shape index (κ1) is 23.5. The summed E-state index contributed by atoms with van der Waals surface area (Å²) in [7, 11) is 4.26. The van der Waals surface area contributed by atoms with Gasteiger partial charge in [-0.25, -0.2) is 0 Å². The third-order valence-electron chi connectivity index (χ3n) is 8.07. The molecule has 2 heterocycles. The minimum absolute atomic E-state index is 0.308. The maximum Gasteiger partial charge on any atom is 0.236 e. The molecule has 1 saturated heterocycles. The molecule has 0 N–H and O–H groups in total. The number of rotatable bonds is 7. The molecule has 2 aliphatic heterocycles. The van der Waals surface area contributed by atoms with Gasteiger partial charge in [0.15, 0.2) is 0 Å². The number of fused-ring (bicyclic) bond motifs is 1. The first-order valence-electron chi connectivity index (χ1n) is 13.2. The minimum atomic E-state index is 0.308. The van der Waals surface area contributed by atoms with Crippen molar-refractivity contribution >= 4 is 5.91 Å². The van der Waals surface area contributed by atoms with Crippen LogP contribution in [0.5, 0.6) is 0 Å². The van der Waals surface area contributed by atoms with Gasteiger partial charge in [-0.05, 0) is 67.6 Å². The molecule has 182 valence electrons. The van der Waals surface area contributed by atoms with Crippen molar-refractivity contribution in [2.45, 2.75) is 44.7 Å². The van der Waals surface area contributed by atoms with Crippen LogP contribution in [0.1, 0.15) is 36.0 Å². The zero-order chi connectivity index (χ0) is 23.5. The zero-order valence-corrected chi connectivity index (χ0v) is 21.0. The van der Waals surface area contributed by atoms with Gasteiger partial charge in [0.2, 0.25) is 5.91 Å². The maximum absolute atomic E-state index is 13.0. The number of piperazine rings is 1. The summed E-state index contributed by atoms with van der Waals surface area (Å²) < 4.78 is 0. The number of benzene rings is 2. The average Bonchev–Trinajstić information content (AvgIpc) is 2.82. The lowest BCUT2D eigenvalue weighted by Crippen LogP contribution is -2.55. The fourth-order valence-electron chi connectivity index (χ4n) is 5.66. The quantitative estimate of drug-likeness (QED) is 0.633. The highest BCUT2D eigenvalue weighted by Crippen LogP contribution is 2.29. The number of carbonyl (C=O) groups is 1. The molecule has 0 radical (unpaired) electrons. The van der Waals surface area contributed by atoms with Gasteiger partial charge < -0.3 is 9.80 Å². The number of likely N-dealkylation sites (N-methyl/N-ethyl adjacent to an activating group) is 1. The van der Waals surface area contributed by atoms with Crippen molar-refractivity contribution in [3.63, 3.8) is 0 Å². The molecular weight excluding hydrogens is 420 g/mol. The number of amides is 1. The third-order valence-corrected chi connectivity index (χ3v) is 8.07. The van der Waals surface area contributed by atoms with E-state index in [0.29, 0.717) is 12.5 Å². The summed E-state index contributed by atoms with van der Waals surface area (Å²) in [5.41, 5.74) is 6.91. The molecule has 3 aliphatic rings. The van der Waals surface area contributed by atoms with Crippen LogP contribution in [-0.2, 0) is 24.2 Å². The Morgan fingerprint density at radius 1 is 0.971 bits per heavy atom. The van der Waals surface area contributed by atoms with Crippen LogP contribution in [0.15, 0.2) is 42.5 Å². The fourth-order valence-corrected chi connectivity index (χ4v) is 5.66. The molecule has 5 rings (SSSR count). The van der Waals surface area contributed by atoms with E-state index in [9.17, 15) is 4.79 Å². The first-order valence-corrected chi connectivity index (χ1v) is 13.2. The SMILES string of the molecule is CN(C)CCc1ccccc1-c1ccc2c(c1)CCN(CC(=O)N1CCN(C3CCC3)CC1)C2. The first-order chi connectivity index (χ1) is 16.6. The molecule has 34 heavy (non-hydrogen) atoms. The highest BCUT2D eigenvalue weighted by Gasteiger charge is 2.30. The molecule has 2 aromatic rings. The predicted molar refractivity (Wildman–Crippen MR) is 139 cm³/mol. The monoisotopic (exact) mass is 460 g/mol. The largest absolute Gasteiger partial charge is 0.339 e. The van der Waals surface area contributed by atoms with Gasteiger partial charge in [0.25, 0.3) is 0 Å². The topological polar surface area (TPSA) is 30.0 Å². The van der Waals surface area contributed by atoms with Crippen molar-refractivity contribution in [1.29, 1.82) is 0 Å². The van der Waals surface area contributed by atoms with Gasteiger partial charge in [0, 0.05) is 51.9 Å².